The van der Waals surface area contributed by atoms with Gasteiger partial charge in [-0.3, -0.25) is 0 Å². The predicted octanol–water partition coefficient (Wildman–Crippen LogP) is 2.00. The fourth-order valence-corrected chi connectivity index (χ4v) is 1.70. The average Bonchev–Trinajstić information content (AvgIpc) is 2.32. The van der Waals surface area contributed by atoms with Crippen LogP contribution in [-0.4, -0.2) is 17.0 Å². The fraction of sp³-hybridized carbons (Fsp3) is 0.231. The molecule has 2 N–H and O–H groups in total. The van der Waals surface area contributed by atoms with Gasteiger partial charge in [0.05, 0.1) is 0 Å². The zero-order valence-electron chi connectivity index (χ0n) is 10.1. The van der Waals surface area contributed by atoms with Crippen LogP contribution in [0.2, 0.25) is 0 Å². The average molecular weight is 228 g/mol. The number of hydrogen-bond acceptors (Lipinski definition) is 4. The zero-order valence-corrected chi connectivity index (χ0v) is 10.1. The summed E-state index contributed by atoms with van der Waals surface area (Å²) >= 11 is 0. The molecule has 0 radical (unpaired) electrons. The summed E-state index contributed by atoms with van der Waals surface area (Å²) in [6.45, 7) is 2.92. The van der Waals surface area contributed by atoms with Gasteiger partial charge in [0.15, 0.2) is 0 Å². The minimum Gasteiger partial charge on any atom is -0.368 e. The van der Waals surface area contributed by atoms with Gasteiger partial charge in [0, 0.05) is 19.8 Å². The Bertz CT molecular complexity index is 510. The van der Waals surface area contributed by atoms with Crippen molar-refractivity contribution >= 4 is 11.8 Å². The maximum atomic E-state index is 5.57. The molecule has 1 aromatic carbocycles. The van der Waals surface area contributed by atoms with E-state index in [1.165, 1.54) is 11.1 Å². The molecular formula is C13H16N4. The van der Waals surface area contributed by atoms with Crippen LogP contribution in [0.5, 0.6) is 0 Å². The standard InChI is InChI=1S/C13H16N4/c1-10-5-3-4-6-11(10)9-17(2)12-7-8-15-13(14)16-12/h3-8H,9H2,1-2H3,(H2,14,15,16). The van der Waals surface area contributed by atoms with Gasteiger partial charge in [0.25, 0.3) is 0 Å². The van der Waals surface area contributed by atoms with Crippen molar-refractivity contribution in [2.24, 2.45) is 0 Å². The molecule has 0 aliphatic rings. The number of nitrogen functional groups attached to an aromatic ring is 1. The summed E-state index contributed by atoms with van der Waals surface area (Å²) in [5.74, 6) is 1.14. The summed E-state index contributed by atoms with van der Waals surface area (Å²) in [4.78, 5) is 10.1. The number of aryl methyl sites for hydroxylation is 1. The van der Waals surface area contributed by atoms with Gasteiger partial charge in [-0.25, -0.2) is 4.98 Å². The third-order valence-electron chi connectivity index (χ3n) is 2.72. The van der Waals surface area contributed by atoms with E-state index >= 15 is 0 Å². The van der Waals surface area contributed by atoms with Crippen molar-refractivity contribution in [3.8, 4) is 0 Å². The van der Waals surface area contributed by atoms with Crippen LogP contribution < -0.4 is 10.6 Å². The molecule has 0 bridgehead atoms. The molecule has 0 aliphatic carbocycles. The quantitative estimate of drug-likeness (QED) is 0.873. The van der Waals surface area contributed by atoms with Crippen LogP contribution in [0.3, 0.4) is 0 Å². The van der Waals surface area contributed by atoms with Crippen LogP contribution in [0.1, 0.15) is 11.1 Å². The summed E-state index contributed by atoms with van der Waals surface area (Å²) in [6, 6.07) is 10.2. The summed E-state index contributed by atoms with van der Waals surface area (Å²) in [6.07, 6.45) is 1.67. The maximum absolute atomic E-state index is 5.57. The van der Waals surface area contributed by atoms with Gasteiger partial charge in [0.1, 0.15) is 5.82 Å². The van der Waals surface area contributed by atoms with Crippen molar-refractivity contribution in [2.75, 3.05) is 17.7 Å². The number of rotatable bonds is 3. The van der Waals surface area contributed by atoms with Crippen molar-refractivity contribution in [1.29, 1.82) is 0 Å². The Balaban J connectivity index is 2.17. The molecule has 0 saturated heterocycles. The minimum absolute atomic E-state index is 0.305. The predicted molar refractivity (Wildman–Crippen MR) is 69.7 cm³/mol. The van der Waals surface area contributed by atoms with Gasteiger partial charge in [-0.05, 0) is 24.1 Å². The summed E-state index contributed by atoms with van der Waals surface area (Å²) in [5.41, 5.74) is 8.13. The van der Waals surface area contributed by atoms with Crippen molar-refractivity contribution in [2.45, 2.75) is 13.5 Å². The van der Waals surface area contributed by atoms with E-state index in [4.69, 9.17) is 5.73 Å². The molecule has 0 aliphatic heterocycles. The highest BCUT2D eigenvalue weighted by molar-refractivity contribution is 5.41. The SMILES string of the molecule is Cc1ccccc1CN(C)c1ccnc(N)n1. The van der Waals surface area contributed by atoms with Crippen LogP contribution in [0.15, 0.2) is 36.5 Å². The molecule has 1 heterocycles. The number of nitrogens with two attached hydrogens (primary N) is 1. The second kappa shape index (κ2) is 4.82. The lowest BCUT2D eigenvalue weighted by Crippen LogP contribution is -2.18. The first kappa shape index (κ1) is 11.4. The van der Waals surface area contributed by atoms with Crippen LogP contribution in [0.25, 0.3) is 0 Å². The molecule has 4 heteroatoms. The molecule has 0 amide bonds. The molecule has 88 valence electrons. The van der Waals surface area contributed by atoms with E-state index in [9.17, 15) is 0 Å². The Morgan fingerprint density at radius 2 is 2.00 bits per heavy atom. The Morgan fingerprint density at radius 1 is 1.24 bits per heavy atom. The lowest BCUT2D eigenvalue weighted by molar-refractivity contribution is 0.887. The van der Waals surface area contributed by atoms with E-state index < -0.39 is 0 Å². The summed E-state index contributed by atoms with van der Waals surface area (Å²) < 4.78 is 0. The molecule has 0 unspecified atom stereocenters. The van der Waals surface area contributed by atoms with Crippen molar-refractivity contribution in [1.82, 2.24) is 9.97 Å². The molecule has 0 fully saturated rings. The third-order valence-corrected chi connectivity index (χ3v) is 2.72. The van der Waals surface area contributed by atoms with E-state index in [0.29, 0.717) is 5.95 Å². The molecule has 2 aromatic rings. The van der Waals surface area contributed by atoms with Crippen LogP contribution in [0.4, 0.5) is 11.8 Å². The highest BCUT2D eigenvalue weighted by Crippen LogP contribution is 2.15. The highest BCUT2D eigenvalue weighted by atomic mass is 15.2. The Morgan fingerprint density at radius 3 is 2.71 bits per heavy atom. The second-order valence-electron chi connectivity index (χ2n) is 4.06. The number of aromatic nitrogens is 2. The Hall–Kier alpha value is -2.10. The van der Waals surface area contributed by atoms with E-state index in [1.807, 2.05) is 25.2 Å². The van der Waals surface area contributed by atoms with Crippen molar-refractivity contribution < 1.29 is 0 Å². The monoisotopic (exact) mass is 228 g/mol. The number of hydrogen-bond donors (Lipinski definition) is 1. The Labute approximate surface area is 101 Å². The van der Waals surface area contributed by atoms with Crippen molar-refractivity contribution in [3.05, 3.63) is 47.7 Å². The van der Waals surface area contributed by atoms with E-state index in [-0.39, 0.29) is 0 Å². The molecule has 0 spiro atoms. The number of nitrogens with zero attached hydrogens (tertiary/aromatic N) is 3. The van der Waals surface area contributed by atoms with E-state index in [2.05, 4.69) is 33.9 Å². The topological polar surface area (TPSA) is 55.0 Å². The molecular weight excluding hydrogens is 212 g/mol. The summed E-state index contributed by atoms with van der Waals surface area (Å²) in [7, 11) is 1.99. The van der Waals surface area contributed by atoms with Gasteiger partial charge in [-0.1, -0.05) is 24.3 Å². The smallest absolute Gasteiger partial charge is 0.221 e. The molecule has 4 nitrogen and oxygen atoms in total. The summed E-state index contributed by atoms with van der Waals surface area (Å²) in [5, 5.41) is 0. The largest absolute Gasteiger partial charge is 0.368 e. The van der Waals surface area contributed by atoms with Crippen molar-refractivity contribution in [3.63, 3.8) is 0 Å². The normalized spacial score (nSPS) is 10.2. The van der Waals surface area contributed by atoms with Gasteiger partial charge in [0.2, 0.25) is 5.95 Å². The first-order valence-electron chi connectivity index (χ1n) is 5.51. The first-order chi connectivity index (χ1) is 8.16. The number of benzene rings is 1. The molecule has 0 saturated carbocycles. The Kier molecular flexibility index (Phi) is 3.23. The third kappa shape index (κ3) is 2.72. The van der Waals surface area contributed by atoms with Gasteiger partial charge in [-0.15, -0.1) is 0 Å². The molecule has 17 heavy (non-hydrogen) atoms. The van der Waals surface area contributed by atoms with Gasteiger partial charge in [-0.2, -0.15) is 4.98 Å². The molecule has 0 atom stereocenters. The first-order valence-corrected chi connectivity index (χ1v) is 5.51. The van der Waals surface area contributed by atoms with Gasteiger partial charge >= 0.3 is 0 Å². The minimum atomic E-state index is 0.305. The van der Waals surface area contributed by atoms with E-state index in [0.717, 1.165) is 12.4 Å². The van der Waals surface area contributed by atoms with Crippen LogP contribution in [0, 0.1) is 6.92 Å². The highest BCUT2D eigenvalue weighted by Gasteiger charge is 2.05. The fourth-order valence-electron chi connectivity index (χ4n) is 1.70. The second-order valence-corrected chi connectivity index (χ2v) is 4.06. The van der Waals surface area contributed by atoms with Crippen LogP contribution in [-0.2, 0) is 6.54 Å². The maximum Gasteiger partial charge on any atom is 0.221 e. The zero-order chi connectivity index (χ0) is 12.3. The lowest BCUT2D eigenvalue weighted by atomic mass is 10.1. The van der Waals surface area contributed by atoms with Gasteiger partial charge < -0.3 is 10.6 Å². The molecule has 2 rings (SSSR count). The van der Waals surface area contributed by atoms with E-state index in [1.54, 1.807) is 6.20 Å². The number of anilines is 2. The van der Waals surface area contributed by atoms with Crippen LogP contribution >= 0.6 is 0 Å². The lowest BCUT2D eigenvalue weighted by Gasteiger charge is -2.19. The molecule has 1 aromatic heterocycles.